The van der Waals surface area contributed by atoms with Crippen LogP contribution in [-0.4, -0.2) is 42.4 Å². The maximum atomic E-state index is 12.0. The molecule has 2 unspecified atom stereocenters. The van der Waals surface area contributed by atoms with Gasteiger partial charge in [-0.2, -0.15) is 13.2 Å². The highest BCUT2D eigenvalue weighted by Gasteiger charge is 2.42. The van der Waals surface area contributed by atoms with Gasteiger partial charge < -0.3 is 15.2 Å². The Morgan fingerprint density at radius 1 is 1.41 bits per heavy atom. The van der Waals surface area contributed by atoms with Crippen LogP contribution in [0.4, 0.5) is 13.2 Å². The lowest BCUT2D eigenvalue weighted by Gasteiger charge is -2.28. The maximum Gasteiger partial charge on any atom is 0.471 e. The molecule has 0 radical (unpaired) electrons. The predicted octanol–water partition coefficient (Wildman–Crippen LogP) is 0.545. The largest absolute Gasteiger partial charge is 0.480 e. The summed E-state index contributed by atoms with van der Waals surface area (Å²) in [4.78, 5) is 21.5. The molecule has 8 heteroatoms. The summed E-state index contributed by atoms with van der Waals surface area (Å²) in [6, 6.07) is -1.57. The second kappa shape index (κ2) is 5.35. The maximum absolute atomic E-state index is 12.0. The predicted molar refractivity (Wildman–Crippen MR) is 49.2 cm³/mol. The molecular formula is C9H12F3NO4. The van der Waals surface area contributed by atoms with Crippen LogP contribution in [-0.2, 0) is 14.3 Å². The highest BCUT2D eigenvalue weighted by Crippen LogP contribution is 2.20. The van der Waals surface area contributed by atoms with E-state index in [0.717, 1.165) is 0 Å². The van der Waals surface area contributed by atoms with Gasteiger partial charge in [-0.05, 0) is 12.8 Å². The average molecular weight is 255 g/mol. The molecule has 0 aliphatic carbocycles. The standard InChI is InChI=1S/C9H12F3NO4/c10-9(11,12)8(16)13-6(7(14)15)5-2-1-3-17-4-5/h5-6H,1-4H2,(H,13,16)(H,14,15). The summed E-state index contributed by atoms with van der Waals surface area (Å²) < 4.78 is 41.0. The smallest absolute Gasteiger partial charge is 0.471 e. The van der Waals surface area contributed by atoms with E-state index in [-0.39, 0.29) is 6.61 Å². The van der Waals surface area contributed by atoms with Crippen molar-refractivity contribution < 1.29 is 32.6 Å². The van der Waals surface area contributed by atoms with Gasteiger partial charge in [0.1, 0.15) is 6.04 Å². The molecule has 98 valence electrons. The van der Waals surface area contributed by atoms with Crippen molar-refractivity contribution in [2.75, 3.05) is 13.2 Å². The lowest BCUT2D eigenvalue weighted by molar-refractivity contribution is -0.176. The molecule has 0 bridgehead atoms. The first kappa shape index (κ1) is 13.8. The molecule has 1 heterocycles. The van der Waals surface area contributed by atoms with Gasteiger partial charge in [0.15, 0.2) is 0 Å². The van der Waals surface area contributed by atoms with Gasteiger partial charge in [0.05, 0.1) is 6.61 Å². The number of aliphatic carboxylic acids is 1. The minimum atomic E-state index is -5.08. The fourth-order valence-corrected chi connectivity index (χ4v) is 1.63. The van der Waals surface area contributed by atoms with Gasteiger partial charge in [-0.15, -0.1) is 0 Å². The van der Waals surface area contributed by atoms with Crippen LogP contribution >= 0.6 is 0 Å². The zero-order valence-electron chi connectivity index (χ0n) is 8.79. The lowest BCUT2D eigenvalue weighted by atomic mass is 9.93. The molecule has 0 saturated carbocycles. The number of hydrogen-bond donors (Lipinski definition) is 2. The highest BCUT2D eigenvalue weighted by atomic mass is 19.4. The van der Waals surface area contributed by atoms with Gasteiger partial charge in [-0.25, -0.2) is 4.79 Å². The minimum Gasteiger partial charge on any atom is -0.480 e. The number of carboxylic acid groups (broad SMARTS) is 1. The van der Waals surface area contributed by atoms with Crippen molar-refractivity contribution in [3.05, 3.63) is 0 Å². The van der Waals surface area contributed by atoms with Crippen molar-refractivity contribution in [3.8, 4) is 0 Å². The number of amides is 1. The number of halogens is 3. The van der Waals surface area contributed by atoms with E-state index in [1.54, 1.807) is 0 Å². The molecular weight excluding hydrogens is 243 g/mol. The van der Waals surface area contributed by atoms with Gasteiger partial charge in [0.2, 0.25) is 0 Å². The molecule has 0 aromatic heterocycles. The molecule has 0 aromatic carbocycles. The number of rotatable bonds is 3. The molecule has 0 aromatic rings. The van der Waals surface area contributed by atoms with Crippen LogP contribution in [0.25, 0.3) is 0 Å². The summed E-state index contributed by atoms with van der Waals surface area (Å²) in [5.74, 6) is -4.36. The van der Waals surface area contributed by atoms with Crippen molar-refractivity contribution in [2.24, 2.45) is 5.92 Å². The molecule has 5 nitrogen and oxygen atoms in total. The van der Waals surface area contributed by atoms with Gasteiger partial charge in [-0.1, -0.05) is 0 Å². The SMILES string of the molecule is O=C(O)C(NC(=O)C(F)(F)F)C1CCCOC1. The Hall–Kier alpha value is -1.31. The third-order valence-corrected chi connectivity index (χ3v) is 2.48. The molecule has 17 heavy (non-hydrogen) atoms. The van der Waals surface area contributed by atoms with Crippen molar-refractivity contribution in [2.45, 2.75) is 25.1 Å². The Balaban J connectivity index is 2.66. The van der Waals surface area contributed by atoms with Gasteiger partial charge in [0, 0.05) is 12.5 Å². The molecule has 1 aliphatic heterocycles. The zero-order chi connectivity index (χ0) is 13.1. The number of carboxylic acids is 1. The summed E-state index contributed by atoms with van der Waals surface area (Å²) in [6.45, 7) is 0.491. The van der Waals surface area contributed by atoms with Crippen LogP contribution in [0.15, 0.2) is 0 Å². The Morgan fingerprint density at radius 2 is 2.06 bits per heavy atom. The summed E-state index contributed by atoms with van der Waals surface area (Å²) in [5.41, 5.74) is 0. The van der Waals surface area contributed by atoms with Gasteiger partial charge in [-0.3, -0.25) is 4.79 Å². The van der Waals surface area contributed by atoms with Crippen molar-refractivity contribution >= 4 is 11.9 Å². The first-order valence-corrected chi connectivity index (χ1v) is 5.00. The van der Waals surface area contributed by atoms with Crippen LogP contribution in [0.5, 0.6) is 0 Å². The first-order chi connectivity index (χ1) is 7.82. The van der Waals surface area contributed by atoms with Gasteiger partial charge >= 0.3 is 18.1 Å². The van der Waals surface area contributed by atoms with Crippen LogP contribution in [0.3, 0.4) is 0 Å². The third-order valence-electron chi connectivity index (χ3n) is 2.48. The fourth-order valence-electron chi connectivity index (χ4n) is 1.63. The van der Waals surface area contributed by atoms with Crippen LogP contribution in [0, 0.1) is 5.92 Å². The second-order valence-electron chi connectivity index (χ2n) is 3.76. The minimum absolute atomic E-state index is 0.0368. The first-order valence-electron chi connectivity index (χ1n) is 5.00. The Morgan fingerprint density at radius 3 is 2.47 bits per heavy atom. The molecule has 1 aliphatic rings. The van der Waals surface area contributed by atoms with Crippen molar-refractivity contribution in [3.63, 3.8) is 0 Å². The van der Waals surface area contributed by atoms with E-state index in [0.29, 0.717) is 19.4 Å². The van der Waals surface area contributed by atoms with E-state index in [1.807, 2.05) is 0 Å². The number of carbonyl (C=O) groups excluding carboxylic acids is 1. The quantitative estimate of drug-likeness (QED) is 0.772. The van der Waals surface area contributed by atoms with E-state index in [2.05, 4.69) is 0 Å². The highest BCUT2D eigenvalue weighted by molar-refractivity contribution is 5.87. The lowest BCUT2D eigenvalue weighted by Crippen LogP contribution is -2.52. The van der Waals surface area contributed by atoms with E-state index in [1.165, 1.54) is 5.32 Å². The molecule has 1 saturated heterocycles. The summed E-state index contributed by atoms with van der Waals surface area (Å²) in [7, 11) is 0. The Bertz CT molecular complexity index is 299. The summed E-state index contributed by atoms with van der Waals surface area (Å²) in [6.07, 6.45) is -4.10. The number of nitrogens with one attached hydrogen (secondary N) is 1. The normalized spacial score (nSPS) is 22.9. The fraction of sp³-hybridized carbons (Fsp3) is 0.778. The monoisotopic (exact) mass is 255 g/mol. The van der Waals surface area contributed by atoms with E-state index in [9.17, 15) is 22.8 Å². The Labute approximate surface area is 94.9 Å². The molecule has 1 rings (SSSR count). The van der Waals surface area contributed by atoms with Gasteiger partial charge in [0.25, 0.3) is 0 Å². The molecule has 1 amide bonds. The van der Waals surface area contributed by atoms with E-state index >= 15 is 0 Å². The van der Waals surface area contributed by atoms with Crippen molar-refractivity contribution in [1.29, 1.82) is 0 Å². The zero-order valence-corrected chi connectivity index (χ0v) is 8.79. The molecule has 2 atom stereocenters. The van der Waals surface area contributed by atoms with E-state index in [4.69, 9.17) is 9.84 Å². The average Bonchev–Trinajstić information content (AvgIpc) is 2.25. The summed E-state index contributed by atoms with van der Waals surface area (Å²) in [5, 5.41) is 10.3. The number of alkyl halides is 3. The molecule has 1 fully saturated rings. The molecule has 2 N–H and O–H groups in total. The second-order valence-corrected chi connectivity index (χ2v) is 3.76. The topological polar surface area (TPSA) is 75.6 Å². The van der Waals surface area contributed by atoms with Crippen molar-refractivity contribution in [1.82, 2.24) is 5.32 Å². The van der Waals surface area contributed by atoms with Crippen LogP contribution < -0.4 is 5.32 Å². The number of hydrogen-bond acceptors (Lipinski definition) is 3. The third kappa shape index (κ3) is 3.88. The Kier molecular flexibility index (Phi) is 4.33. The summed E-state index contributed by atoms with van der Waals surface area (Å²) >= 11 is 0. The number of carbonyl (C=O) groups is 2. The van der Waals surface area contributed by atoms with Crippen LogP contribution in [0.2, 0.25) is 0 Å². The molecule has 0 spiro atoms. The number of ether oxygens (including phenoxy) is 1. The van der Waals surface area contributed by atoms with E-state index < -0.39 is 30.0 Å². The van der Waals surface area contributed by atoms with Crippen LogP contribution in [0.1, 0.15) is 12.8 Å².